The van der Waals surface area contributed by atoms with Crippen LogP contribution in [0.4, 0.5) is 0 Å². The summed E-state index contributed by atoms with van der Waals surface area (Å²) in [7, 11) is 0. The van der Waals surface area contributed by atoms with Crippen LogP contribution in [0.3, 0.4) is 0 Å². The smallest absolute Gasteiger partial charge is 0.261 e. The van der Waals surface area contributed by atoms with Crippen molar-refractivity contribution in [2.45, 2.75) is 19.9 Å². The zero-order valence-electron chi connectivity index (χ0n) is 10.3. The molecule has 0 unspecified atom stereocenters. The van der Waals surface area contributed by atoms with E-state index in [-0.39, 0.29) is 11.9 Å². The van der Waals surface area contributed by atoms with Crippen LogP contribution in [0.2, 0.25) is 0 Å². The number of amides is 1. The molecule has 1 aliphatic heterocycles. The van der Waals surface area contributed by atoms with Crippen LogP contribution in [0, 0.1) is 0 Å². The van der Waals surface area contributed by atoms with Crippen LogP contribution in [0.1, 0.15) is 23.5 Å². The van der Waals surface area contributed by atoms with Gasteiger partial charge in [0.15, 0.2) is 0 Å². The van der Waals surface area contributed by atoms with Gasteiger partial charge in [0.05, 0.1) is 10.9 Å². The molecule has 4 nitrogen and oxygen atoms in total. The first-order valence-electron chi connectivity index (χ1n) is 6.08. The van der Waals surface area contributed by atoms with Crippen LogP contribution >= 0.6 is 11.3 Å². The van der Waals surface area contributed by atoms with Crippen molar-refractivity contribution in [3.63, 3.8) is 0 Å². The van der Waals surface area contributed by atoms with Crippen LogP contribution in [0.15, 0.2) is 17.5 Å². The number of hydrogen-bond acceptors (Lipinski definition) is 4. The molecule has 2 heterocycles. The van der Waals surface area contributed by atoms with Gasteiger partial charge in [0.25, 0.3) is 5.91 Å². The molecule has 1 N–H and O–H groups in total. The standard InChI is InChI=1S/C12H19N3OS/c1-3-14-8-10(9-15(14)4-2)13-12(16)11-6-5-7-17-11/h5-7,10H,3-4,8-9H2,1-2H3,(H,13,16). The van der Waals surface area contributed by atoms with Gasteiger partial charge in [0.1, 0.15) is 0 Å². The molecule has 1 aromatic rings. The molecule has 0 aliphatic carbocycles. The van der Waals surface area contributed by atoms with Crippen LogP contribution in [-0.4, -0.2) is 48.1 Å². The summed E-state index contributed by atoms with van der Waals surface area (Å²) in [4.78, 5) is 12.7. The van der Waals surface area contributed by atoms with Crippen molar-refractivity contribution in [2.75, 3.05) is 26.2 Å². The molecule has 17 heavy (non-hydrogen) atoms. The fraction of sp³-hybridized carbons (Fsp3) is 0.583. The Bertz CT molecular complexity index is 354. The first kappa shape index (κ1) is 12.5. The third-order valence-corrected chi connectivity index (χ3v) is 3.94. The van der Waals surface area contributed by atoms with E-state index in [0.717, 1.165) is 31.1 Å². The summed E-state index contributed by atoms with van der Waals surface area (Å²) in [5.41, 5.74) is 0. The molecular formula is C12H19N3OS. The van der Waals surface area contributed by atoms with Crippen LogP contribution < -0.4 is 5.32 Å². The summed E-state index contributed by atoms with van der Waals surface area (Å²) in [5.74, 6) is 0.0546. The molecule has 1 fully saturated rings. The third kappa shape index (κ3) is 2.86. The second-order valence-electron chi connectivity index (χ2n) is 4.16. The topological polar surface area (TPSA) is 35.6 Å². The molecule has 94 valence electrons. The molecule has 0 aromatic carbocycles. The zero-order chi connectivity index (χ0) is 12.3. The molecule has 2 rings (SSSR count). The van der Waals surface area contributed by atoms with Gasteiger partial charge in [-0.1, -0.05) is 19.9 Å². The summed E-state index contributed by atoms with van der Waals surface area (Å²) >= 11 is 1.49. The quantitative estimate of drug-likeness (QED) is 0.881. The molecule has 5 heteroatoms. The number of hydrazine groups is 1. The fourth-order valence-electron chi connectivity index (χ4n) is 2.21. The third-order valence-electron chi connectivity index (χ3n) is 3.07. The number of hydrogen-bond donors (Lipinski definition) is 1. The summed E-state index contributed by atoms with van der Waals surface area (Å²) in [5, 5.41) is 9.61. The summed E-state index contributed by atoms with van der Waals surface area (Å²) in [6.45, 7) is 8.12. The molecule has 1 amide bonds. The molecule has 1 aliphatic rings. The number of nitrogens with zero attached hydrogens (tertiary/aromatic N) is 2. The average Bonchev–Trinajstić information content (AvgIpc) is 2.97. The lowest BCUT2D eigenvalue weighted by Crippen LogP contribution is -2.38. The summed E-state index contributed by atoms with van der Waals surface area (Å²) in [6, 6.07) is 4.01. The minimum Gasteiger partial charge on any atom is -0.346 e. The molecule has 1 aromatic heterocycles. The predicted octanol–water partition coefficient (Wildman–Crippen LogP) is 1.42. The molecule has 0 spiro atoms. The lowest BCUT2D eigenvalue weighted by Gasteiger charge is -2.24. The number of carbonyl (C=O) groups excluding carboxylic acids is 1. The minimum atomic E-state index is 0.0546. The van der Waals surface area contributed by atoms with Crippen molar-refractivity contribution in [1.29, 1.82) is 0 Å². The number of carbonyl (C=O) groups is 1. The highest BCUT2D eigenvalue weighted by Crippen LogP contribution is 2.12. The first-order chi connectivity index (χ1) is 8.24. The van der Waals surface area contributed by atoms with E-state index in [1.807, 2.05) is 17.5 Å². The zero-order valence-corrected chi connectivity index (χ0v) is 11.2. The van der Waals surface area contributed by atoms with Crippen molar-refractivity contribution in [2.24, 2.45) is 0 Å². The largest absolute Gasteiger partial charge is 0.346 e. The second kappa shape index (κ2) is 5.62. The summed E-state index contributed by atoms with van der Waals surface area (Å²) < 4.78 is 0. The van der Waals surface area contributed by atoms with Gasteiger partial charge < -0.3 is 5.32 Å². The lowest BCUT2D eigenvalue weighted by atomic mass is 10.3. The van der Waals surface area contributed by atoms with E-state index >= 15 is 0 Å². The highest BCUT2D eigenvalue weighted by atomic mass is 32.1. The van der Waals surface area contributed by atoms with E-state index < -0.39 is 0 Å². The maximum absolute atomic E-state index is 11.9. The van der Waals surface area contributed by atoms with Crippen molar-refractivity contribution < 1.29 is 4.79 Å². The van der Waals surface area contributed by atoms with Crippen LogP contribution in [-0.2, 0) is 0 Å². The van der Waals surface area contributed by atoms with E-state index in [9.17, 15) is 4.79 Å². The molecule has 0 bridgehead atoms. The number of rotatable bonds is 4. The Labute approximate surface area is 106 Å². The van der Waals surface area contributed by atoms with Gasteiger partial charge >= 0.3 is 0 Å². The number of nitrogens with one attached hydrogen (secondary N) is 1. The SMILES string of the molecule is CCN1CC(NC(=O)c2cccs2)CN1CC. The van der Waals surface area contributed by atoms with E-state index in [2.05, 4.69) is 29.2 Å². The van der Waals surface area contributed by atoms with Crippen LogP contribution in [0.25, 0.3) is 0 Å². The maximum atomic E-state index is 11.9. The van der Waals surface area contributed by atoms with E-state index in [0.29, 0.717) is 0 Å². The molecule has 0 atom stereocenters. The van der Waals surface area contributed by atoms with Gasteiger partial charge in [-0.15, -0.1) is 11.3 Å². The Balaban J connectivity index is 1.91. The molecular weight excluding hydrogens is 234 g/mol. The molecule has 0 radical (unpaired) electrons. The molecule has 1 saturated heterocycles. The normalized spacial score (nSPS) is 18.7. The monoisotopic (exact) mass is 253 g/mol. The Kier molecular flexibility index (Phi) is 4.15. The highest BCUT2D eigenvalue weighted by molar-refractivity contribution is 7.12. The number of thiophene rings is 1. The highest BCUT2D eigenvalue weighted by Gasteiger charge is 2.29. The van der Waals surface area contributed by atoms with Gasteiger partial charge in [0, 0.05) is 26.2 Å². The van der Waals surface area contributed by atoms with Gasteiger partial charge in [-0.2, -0.15) is 0 Å². The van der Waals surface area contributed by atoms with Gasteiger partial charge in [0.2, 0.25) is 0 Å². The number of likely N-dealkylation sites (N-methyl/N-ethyl adjacent to an activating group) is 2. The van der Waals surface area contributed by atoms with Gasteiger partial charge in [-0.05, 0) is 11.4 Å². The minimum absolute atomic E-state index is 0.0546. The van der Waals surface area contributed by atoms with Crippen molar-refractivity contribution in [3.05, 3.63) is 22.4 Å². The van der Waals surface area contributed by atoms with E-state index in [1.165, 1.54) is 11.3 Å². The lowest BCUT2D eigenvalue weighted by molar-refractivity contribution is 0.0388. The Morgan fingerprint density at radius 1 is 1.41 bits per heavy atom. The second-order valence-corrected chi connectivity index (χ2v) is 5.11. The fourth-order valence-corrected chi connectivity index (χ4v) is 2.84. The van der Waals surface area contributed by atoms with Gasteiger partial charge in [-0.25, -0.2) is 10.0 Å². The average molecular weight is 253 g/mol. The van der Waals surface area contributed by atoms with E-state index in [1.54, 1.807) is 0 Å². The first-order valence-corrected chi connectivity index (χ1v) is 6.96. The van der Waals surface area contributed by atoms with Crippen LogP contribution in [0.5, 0.6) is 0 Å². The van der Waals surface area contributed by atoms with Crippen molar-refractivity contribution in [1.82, 2.24) is 15.3 Å². The van der Waals surface area contributed by atoms with Crippen molar-refractivity contribution in [3.8, 4) is 0 Å². The Morgan fingerprint density at radius 2 is 2.06 bits per heavy atom. The maximum Gasteiger partial charge on any atom is 0.261 e. The molecule has 0 saturated carbocycles. The predicted molar refractivity (Wildman–Crippen MR) is 70.1 cm³/mol. The Morgan fingerprint density at radius 3 is 2.53 bits per heavy atom. The van der Waals surface area contributed by atoms with Crippen molar-refractivity contribution >= 4 is 17.2 Å². The van der Waals surface area contributed by atoms with E-state index in [4.69, 9.17) is 0 Å². The summed E-state index contributed by atoms with van der Waals surface area (Å²) in [6.07, 6.45) is 0. The Hall–Kier alpha value is -0.910. The van der Waals surface area contributed by atoms with Gasteiger partial charge in [-0.3, -0.25) is 4.79 Å².